The van der Waals surface area contributed by atoms with Gasteiger partial charge in [0.2, 0.25) is 0 Å². The number of hydrogen-bond donors (Lipinski definition) is 0. The van der Waals surface area contributed by atoms with Crippen LogP contribution in [0.25, 0.3) is 111 Å². The Kier molecular flexibility index (Phi) is 11.8. The van der Waals surface area contributed by atoms with Gasteiger partial charge in [0, 0.05) is 44.7 Å². The first kappa shape index (κ1) is 48.3. The summed E-state index contributed by atoms with van der Waals surface area (Å²) in [5, 5.41) is 15.5. The van der Waals surface area contributed by atoms with Crippen LogP contribution in [0, 0.1) is 66.7 Å². The molecule has 1 aliphatic carbocycles. The molecule has 13 rings (SSSR count). The molecular formula is C74H60N4. The van der Waals surface area contributed by atoms with Crippen LogP contribution in [-0.2, 0) is 6.42 Å². The zero-order valence-electron chi connectivity index (χ0n) is 45.7. The maximum Gasteiger partial charge on any atom is 0.104 e. The fourth-order valence-corrected chi connectivity index (χ4v) is 12.9. The fraction of sp³-hybridized carbons (Fsp3) is 0.135. The van der Waals surface area contributed by atoms with Crippen LogP contribution in [0.15, 0.2) is 188 Å². The van der Waals surface area contributed by atoms with Crippen molar-refractivity contribution < 1.29 is 0 Å². The van der Waals surface area contributed by atoms with E-state index in [0.29, 0.717) is 5.56 Å². The topological polar surface area (TPSA) is 46.5 Å². The van der Waals surface area contributed by atoms with Crippen molar-refractivity contribution in [1.82, 2.24) is 14.1 Å². The van der Waals surface area contributed by atoms with Crippen molar-refractivity contribution in [2.75, 3.05) is 0 Å². The summed E-state index contributed by atoms with van der Waals surface area (Å²) < 4.78 is 4.79. The number of nitrogens with zero attached hydrogens (tertiary/aromatic N) is 4. The molecule has 1 aliphatic rings. The number of aromatic nitrogens is 3. The summed E-state index contributed by atoms with van der Waals surface area (Å²) in [5.41, 5.74) is 31.2. The van der Waals surface area contributed by atoms with Gasteiger partial charge in [-0.1, -0.05) is 172 Å². The molecule has 376 valence electrons. The van der Waals surface area contributed by atoms with Crippen LogP contribution in [0.5, 0.6) is 0 Å². The molecule has 0 N–H and O–H groups in total. The summed E-state index contributed by atoms with van der Waals surface area (Å²) in [6.45, 7) is 17.4. The summed E-state index contributed by atoms with van der Waals surface area (Å²) in [6, 6.07) is 70.1. The lowest BCUT2D eigenvalue weighted by atomic mass is 9.89. The summed E-state index contributed by atoms with van der Waals surface area (Å²) in [4.78, 5) is 5.09. The first-order valence-electron chi connectivity index (χ1n) is 27.2. The van der Waals surface area contributed by atoms with Crippen LogP contribution in [0.4, 0.5) is 0 Å². The van der Waals surface area contributed by atoms with Crippen LogP contribution in [0.2, 0.25) is 0 Å². The van der Waals surface area contributed by atoms with Gasteiger partial charge in [-0.2, -0.15) is 5.26 Å². The molecule has 0 aliphatic heterocycles. The Morgan fingerprint density at radius 1 is 0.385 bits per heavy atom. The van der Waals surface area contributed by atoms with Crippen molar-refractivity contribution in [2.24, 2.45) is 0 Å². The van der Waals surface area contributed by atoms with Crippen molar-refractivity contribution in [3.63, 3.8) is 0 Å². The second-order valence-electron chi connectivity index (χ2n) is 22.2. The van der Waals surface area contributed by atoms with E-state index in [1.54, 1.807) is 0 Å². The van der Waals surface area contributed by atoms with Crippen molar-refractivity contribution in [2.45, 2.75) is 68.2 Å². The highest BCUT2D eigenvalue weighted by Crippen LogP contribution is 2.46. The summed E-state index contributed by atoms with van der Waals surface area (Å²) in [7, 11) is 0. The van der Waals surface area contributed by atoms with Gasteiger partial charge in [0.15, 0.2) is 0 Å². The molecular weight excluding hydrogens is 945 g/mol. The Labute approximate surface area is 457 Å². The molecule has 0 saturated carbocycles. The molecule has 0 atom stereocenters. The van der Waals surface area contributed by atoms with E-state index in [1.165, 1.54) is 94.5 Å². The Bertz CT molecular complexity index is 4340. The van der Waals surface area contributed by atoms with E-state index in [1.807, 2.05) is 12.3 Å². The van der Waals surface area contributed by atoms with E-state index in [9.17, 15) is 5.26 Å². The van der Waals surface area contributed by atoms with Gasteiger partial charge in [-0.25, -0.2) is 0 Å². The molecule has 3 aromatic heterocycles. The van der Waals surface area contributed by atoms with Crippen LogP contribution in [-0.4, -0.2) is 14.1 Å². The van der Waals surface area contributed by atoms with Crippen LogP contribution in [0.3, 0.4) is 0 Å². The first-order valence-corrected chi connectivity index (χ1v) is 27.2. The second-order valence-corrected chi connectivity index (χ2v) is 22.2. The van der Waals surface area contributed by atoms with Gasteiger partial charge in [-0.3, -0.25) is 4.98 Å². The van der Waals surface area contributed by atoms with E-state index in [-0.39, 0.29) is 0 Å². The quantitative estimate of drug-likeness (QED) is 0.152. The largest absolute Gasteiger partial charge is 0.312 e. The van der Waals surface area contributed by atoms with Gasteiger partial charge in [0.1, 0.15) is 11.6 Å². The summed E-state index contributed by atoms with van der Waals surface area (Å²) in [5.74, 6) is 0. The Balaban J connectivity index is 1.14. The van der Waals surface area contributed by atoms with Crippen LogP contribution >= 0.6 is 0 Å². The fourth-order valence-electron chi connectivity index (χ4n) is 12.9. The lowest BCUT2D eigenvalue weighted by Gasteiger charge is -2.22. The van der Waals surface area contributed by atoms with Gasteiger partial charge in [-0.05, 0) is 179 Å². The minimum atomic E-state index is 0.599. The first-order chi connectivity index (χ1) is 37.8. The van der Waals surface area contributed by atoms with Gasteiger partial charge in [-0.15, -0.1) is 0 Å². The molecule has 9 aromatic carbocycles. The highest BCUT2D eigenvalue weighted by Gasteiger charge is 2.28. The second kappa shape index (κ2) is 19.1. The number of benzene rings is 9. The van der Waals surface area contributed by atoms with Crippen molar-refractivity contribution >= 4 is 44.4 Å². The molecule has 0 unspecified atom stereocenters. The van der Waals surface area contributed by atoms with E-state index in [0.717, 1.165) is 85.1 Å². The van der Waals surface area contributed by atoms with Gasteiger partial charge >= 0.3 is 0 Å². The zero-order valence-corrected chi connectivity index (χ0v) is 45.7. The lowest BCUT2D eigenvalue weighted by Crippen LogP contribution is -2.09. The average molecular weight is 1010 g/mol. The third kappa shape index (κ3) is 8.53. The van der Waals surface area contributed by atoms with E-state index < -0.39 is 0 Å². The Hall–Kier alpha value is -9.30. The monoisotopic (exact) mass is 1000 g/mol. The number of aryl methyl sites for hydroxylation is 8. The molecule has 0 bridgehead atoms. The van der Waals surface area contributed by atoms with Crippen molar-refractivity contribution in [3.8, 4) is 73.2 Å². The van der Waals surface area contributed by atoms with E-state index in [4.69, 9.17) is 4.98 Å². The Morgan fingerprint density at radius 2 is 0.833 bits per heavy atom. The predicted octanol–water partition coefficient (Wildman–Crippen LogP) is 19.3. The third-order valence-corrected chi connectivity index (χ3v) is 15.9. The van der Waals surface area contributed by atoms with Gasteiger partial charge in [0.25, 0.3) is 0 Å². The normalized spacial score (nSPS) is 12.3. The summed E-state index contributed by atoms with van der Waals surface area (Å²) >= 11 is 0. The number of fused-ring (bicyclic) bond motifs is 6. The minimum Gasteiger partial charge on any atom is -0.312 e. The number of pyridine rings is 1. The smallest absolute Gasteiger partial charge is 0.104 e. The molecule has 4 heteroatoms. The predicted molar refractivity (Wildman–Crippen MR) is 328 cm³/mol. The molecule has 3 heterocycles. The zero-order chi connectivity index (χ0) is 53.5. The molecule has 12 aromatic rings. The molecule has 0 fully saturated rings. The maximum absolute atomic E-state index is 12.1. The number of nitriles is 1. The standard InChI is InChI=1S/C74H60N4/c1-44-25-45(2)30-57(29-44)53-16-20-68-63(37-53)64-38-54(58-31-46(3)26-47(4)32-58)17-21-69(64)77(68)72-41-61(62-15-12-24-76-74(62)52-13-10-9-11-14-52)42-73(67(72)43-75)78-70-22-18-55(59-33-48(5)27-49(6)34-59)39-65(70)66-40-56(19-23-71(66)78)60-35-50(7)28-51(8)36-60/h9-18,20-22,24-42H,19,23H2,1-8H3. The molecule has 0 amide bonds. The molecule has 0 radical (unpaired) electrons. The molecule has 0 spiro atoms. The third-order valence-electron chi connectivity index (χ3n) is 15.9. The number of rotatable bonds is 8. The van der Waals surface area contributed by atoms with Crippen LogP contribution < -0.4 is 0 Å². The average Bonchev–Trinajstić information content (AvgIpc) is 4.02. The number of hydrogen-bond acceptors (Lipinski definition) is 2. The molecule has 4 nitrogen and oxygen atoms in total. The highest BCUT2D eigenvalue weighted by molar-refractivity contribution is 6.12. The van der Waals surface area contributed by atoms with E-state index >= 15 is 0 Å². The van der Waals surface area contributed by atoms with Crippen molar-refractivity contribution in [1.29, 1.82) is 5.26 Å². The lowest BCUT2D eigenvalue weighted by molar-refractivity contribution is 0.895. The SMILES string of the molecule is Cc1cc(C)cc(C2=Cc3c(n(-c4cc(-c5cccnc5-c5ccccc5)cc(-n5c6ccc(-c7cc(C)cc(C)c7)cc6c6cc(-c7cc(C)cc(C)c7)ccc65)c4C#N)c4ccc(-c5cc(C)cc(C)c5)cc34)CC2)c1. The van der Waals surface area contributed by atoms with E-state index in [2.05, 4.69) is 253 Å². The van der Waals surface area contributed by atoms with Gasteiger partial charge in [0.05, 0.1) is 33.6 Å². The molecule has 78 heavy (non-hydrogen) atoms. The number of allylic oxidation sites excluding steroid dienone is 1. The Morgan fingerprint density at radius 3 is 1.32 bits per heavy atom. The van der Waals surface area contributed by atoms with Gasteiger partial charge < -0.3 is 9.13 Å². The van der Waals surface area contributed by atoms with Crippen molar-refractivity contribution in [3.05, 3.63) is 255 Å². The highest BCUT2D eigenvalue weighted by atomic mass is 15.0. The van der Waals surface area contributed by atoms with Crippen LogP contribution in [0.1, 0.15) is 73.3 Å². The summed E-state index contributed by atoms with van der Waals surface area (Å²) in [6.07, 6.45) is 5.99. The minimum absolute atomic E-state index is 0.599. The molecule has 0 saturated heterocycles. The maximum atomic E-state index is 12.1.